The topological polar surface area (TPSA) is 118 Å². The number of carbonyl (C=O) groups is 2. The van der Waals surface area contributed by atoms with E-state index >= 15 is 0 Å². The quantitative estimate of drug-likeness (QED) is 0.467. The minimum atomic E-state index is -1.27. The molecule has 2 N–H and O–H groups in total. The minimum absolute atomic E-state index is 0.143. The summed E-state index contributed by atoms with van der Waals surface area (Å²) >= 11 is 0.838. The van der Waals surface area contributed by atoms with Crippen LogP contribution in [0.2, 0.25) is 0 Å². The third-order valence-electron chi connectivity index (χ3n) is 2.32. The highest BCUT2D eigenvalue weighted by Gasteiger charge is 2.23. The summed E-state index contributed by atoms with van der Waals surface area (Å²) in [5.41, 5.74) is -0.607. The van der Waals surface area contributed by atoms with Gasteiger partial charge in [0.05, 0.1) is 15.4 Å². The molecule has 0 aliphatic rings. The molecule has 7 nitrogen and oxygen atoms in total. The molecule has 0 heterocycles. The molecule has 0 amide bonds. The lowest BCUT2D eigenvalue weighted by Crippen LogP contribution is -2.15. The van der Waals surface area contributed by atoms with Crippen molar-refractivity contribution in [2.75, 3.05) is 0 Å². The molecule has 0 radical (unpaired) electrons. The fourth-order valence-electron chi connectivity index (χ4n) is 1.35. The van der Waals surface area contributed by atoms with Crippen LogP contribution in [0.4, 0.5) is 5.69 Å². The highest BCUT2D eigenvalue weighted by molar-refractivity contribution is 8.00. The molecule has 0 aliphatic heterocycles. The molecular weight excluding hydrogens is 274 g/mol. The van der Waals surface area contributed by atoms with Gasteiger partial charge >= 0.3 is 11.9 Å². The third-order valence-corrected chi connectivity index (χ3v) is 3.74. The van der Waals surface area contributed by atoms with Gasteiger partial charge in [-0.15, -0.1) is 11.8 Å². The van der Waals surface area contributed by atoms with Gasteiger partial charge in [0.1, 0.15) is 5.25 Å². The first kappa shape index (κ1) is 15.0. The van der Waals surface area contributed by atoms with Crippen LogP contribution < -0.4 is 0 Å². The fourth-order valence-corrected chi connectivity index (χ4v) is 2.33. The van der Waals surface area contributed by atoms with Gasteiger partial charge in [-0.05, 0) is 18.6 Å². The van der Waals surface area contributed by atoms with E-state index in [4.69, 9.17) is 10.2 Å². The van der Waals surface area contributed by atoms with Crippen molar-refractivity contribution < 1.29 is 24.7 Å². The number of aromatic carboxylic acids is 1. The molecule has 0 aromatic heterocycles. The zero-order valence-corrected chi connectivity index (χ0v) is 10.7. The zero-order valence-electron chi connectivity index (χ0n) is 9.90. The number of carboxylic acids is 2. The van der Waals surface area contributed by atoms with Gasteiger partial charge < -0.3 is 10.2 Å². The zero-order chi connectivity index (χ0) is 14.6. The highest BCUT2D eigenvalue weighted by atomic mass is 32.2. The maximum absolute atomic E-state index is 10.9. The Balaban J connectivity index is 3.16. The average Bonchev–Trinajstić information content (AvgIpc) is 2.35. The molecule has 1 unspecified atom stereocenters. The van der Waals surface area contributed by atoms with Gasteiger partial charge in [-0.2, -0.15) is 0 Å². The number of thioether (sulfide) groups is 1. The normalized spacial score (nSPS) is 11.8. The van der Waals surface area contributed by atoms with Crippen LogP contribution in [0.5, 0.6) is 0 Å². The van der Waals surface area contributed by atoms with Crippen LogP contribution in [-0.4, -0.2) is 32.3 Å². The van der Waals surface area contributed by atoms with Crippen LogP contribution in [0.25, 0.3) is 0 Å². The number of hydrogen-bond donors (Lipinski definition) is 2. The molecule has 0 saturated carbocycles. The molecule has 102 valence electrons. The molecule has 8 heteroatoms. The van der Waals surface area contributed by atoms with Crippen molar-refractivity contribution in [3.05, 3.63) is 33.9 Å². The summed E-state index contributed by atoms with van der Waals surface area (Å²) in [4.78, 5) is 32.0. The van der Waals surface area contributed by atoms with E-state index in [1.165, 1.54) is 12.1 Å². The molecule has 0 saturated heterocycles. The average molecular weight is 285 g/mol. The lowest BCUT2D eigenvalue weighted by Gasteiger charge is -2.09. The Morgan fingerprint density at radius 3 is 2.47 bits per heavy atom. The van der Waals surface area contributed by atoms with E-state index in [1.54, 1.807) is 6.92 Å². The third kappa shape index (κ3) is 3.68. The predicted octanol–water partition coefficient (Wildman–Crippen LogP) is 2.25. The van der Waals surface area contributed by atoms with Gasteiger partial charge in [-0.3, -0.25) is 14.9 Å². The molecule has 1 rings (SSSR count). The lowest BCUT2D eigenvalue weighted by atomic mass is 10.2. The SMILES string of the molecule is CCC(Sc1ccc(C(=O)O)cc1[N+](=O)[O-])C(=O)O. The van der Waals surface area contributed by atoms with E-state index in [-0.39, 0.29) is 10.5 Å². The van der Waals surface area contributed by atoms with Gasteiger partial charge in [0.25, 0.3) is 5.69 Å². The summed E-state index contributed by atoms with van der Waals surface area (Å²) in [6, 6.07) is 3.41. The number of aliphatic carboxylic acids is 1. The Hall–Kier alpha value is -2.09. The van der Waals surface area contributed by atoms with E-state index in [2.05, 4.69) is 0 Å². The van der Waals surface area contributed by atoms with Crippen LogP contribution in [0, 0.1) is 10.1 Å². The second kappa shape index (κ2) is 6.19. The van der Waals surface area contributed by atoms with Crippen LogP contribution in [-0.2, 0) is 4.79 Å². The molecule has 19 heavy (non-hydrogen) atoms. The van der Waals surface area contributed by atoms with Crippen molar-refractivity contribution in [1.82, 2.24) is 0 Å². The van der Waals surface area contributed by atoms with Crippen molar-refractivity contribution in [3.8, 4) is 0 Å². The first-order chi connectivity index (χ1) is 8.86. The molecular formula is C11H11NO6S. The first-order valence-corrected chi connectivity index (χ1v) is 6.16. The molecule has 0 fully saturated rings. The Bertz CT molecular complexity index is 530. The van der Waals surface area contributed by atoms with Gasteiger partial charge in [-0.25, -0.2) is 4.79 Å². The summed E-state index contributed by atoms with van der Waals surface area (Å²) in [6.45, 7) is 1.66. The number of nitro benzene ring substituents is 1. The number of nitro groups is 1. The van der Waals surface area contributed by atoms with Crippen molar-refractivity contribution in [2.24, 2.45) is 0 Å². The molecule has 0 spiro atoms. The molecule has 1 atom stereocenters. The minimum Gasteiger partial charge on any atom is -0.480 e. The predicted molar refractivity (Wildman–Crippen MR) is 67.6 cm³/mol. The second-order valence-electron chi connectivity index (χ2n) is 3.60. The maximum Gasteiger partial charge on any atom is 0.335 e. The van der Waals surface area contributed by atoms with Crippen LogP contribution in [0.15, 0.2) is 23.1 Å². The number of carboxylic acid groups (broad SMARTS) is 2. The van der Waals surface area contributed by atoms with Gasteiger partial charge in [0, 0.05) is 6.07 Å². The molecule has 1 aromatic rings. The Labute approximate surface area is 112 Å². The van der Waals surface area contributed by atoms with Gasteiger partial charge in [-0.1, -0.05) is 6.92 Å². The monoisotopic (exact) mass is 285 g/mol. The highest BCUT2D eigenvalue weighted by Crippen LogP contribution is 2.34. The first-order valence-electron chi connectivity index (χ1n) is 5.28. The van der Waals surface area contributed by atoms with Gasteiger partial charge in [0.2, 0.25) is 0 Å². The number of benzene rings is 1. The second-order valence-corrected chi connectivity index (χ2v) is 4.84. The standard InChI is InChI=1S/C11H11NO6S/c1-2-8(11(15)16)19-9-4-3-6(10(13)14)5-7(9)12(17)18/h3-5,8H,2H2,1H3,(H,13,14)(H,15,16). The maximum atomic E-state index is 10.9. The number of nitrogens with zero attached hydrogens (tertiary/aromatic N) is 1. The van der Waals surface area contributed by atoms with Crippen LogP contribution >= 0.6 is 11.8 Å². The summed E-state index contributed by atoms with van der Waals surface area (Å²) < 4.78 is 0. The van der Waals surface area contributed by atoms with Crippen LogP contribution in [0.1, 0.15) is 23.7 Å². The van der Waals surface area contributed by atoms with Crippen LogP contribution in [0.3, 0.4) is 0 Å². The molecule has 0 aliphatic carbocycles. The molecule has 0 bridgehead atoms. The van der Waals surface area contributed by atoms with E-state index in [0.29, 0.717) is 6.42 Å². The van der Waals surface area contributed by atoms with E-state index < -0.39 is 27.8 Å². The van der Waals surface area contributed by atoms with Gasteiger partial charge in [0.15, 0.2) is 0 Å². The van der Waals surface area contributed by atoms with Crippen molar-refractivity contribution in [1.29, 1.82) is 0 Å². The Kier molecular flexibility index (Phi) is 4.87. The lowest BCUT2D eigenvalue weighted by molar-refractivity contribution is -0.387. The fraction of sp³-hybridized carbons (Fsp3) is 0.273. The molecule has 1 aromatic carbocycles. The summed E-state index contributed by atoms with van der Waals surface area (Å²) in [5.74, 6) is -2.34. The summed E-state index contributed by atoms with van der Waals surface area (Å²) in [5, 5.41) is 27.8. The number of hydrogen-bond acceptors (Lipinski definition) is 5. The summed E-state index contributed by atoms with van der Waals surface area (Å²) in [6.07, 6.45) is 0.303. The van der Waals surface area contributed by atoms with E-state index in [1.807, 2.05) is 0 Å². The van der Waals surface area contributed by atoms with Crippen molar-refractivity contribution in [2.45, 2.75) is 23.5 Å². The van der Waals surface area contributed by atoms with E-state index in [9.17, 15) is 19.7 Å². The van der Waals surface area contributed by atoms with Crippen molar-refractivity contribution in [3.63, 3.8) is 0 Å². The Morgan fingerprint density at radius 1 is 1.42 bits per heavy atom. The largest absolute Gasteiger partial charge is 0.480 e. The summed E-state index contributed by atoms with van der Waals surface area (Å²) in [7, 11) is 0. The van der Waals surface area contributed by atoms with Crippen molar-refractivity contribution >= 4 is 29.4 Å². The van der Waals surface area contributed by atoms with E-state index in [0.717, 1.165) is 17.8 Å². The number of rotatable bonds is 6. The smallest absolute Gasteiger partial charge is 0.335 e. The Morgan fingerprint density at radius 2 is 2.05 bits per heavy atom.